The molecular formula is C13H16N2O5S. The zero-order valence-corrected chi connectivity index (χ0v) is 12.6. The van der Waals surface area contributed by atoms with E-state index in [0.29, 0.717) is 12.2 Å². The van der Waals surface area contributed by atoms with Crippen LogP contribution in [0.4, 0.5) is 5.82 Å². The second-order valence-electron chi connectivity index (χ2n) is 5.47. The van der Waals surface area contributed by atoms with Crippen molar-refractivity contribution in [3.05, 3.63) is 28.0 Å². The van der Waals surface area contributed by atoms with Crippen molar-refractivity contribution >= 4 is 21.8 Å². The van der Waals surface area contributed by atoms with Gasteiger partial charge < -0.3 is 0 Å². The minimum atomic E-state index is -3.72. The molecule has 2 aliphatic heterocycles. The van der Waals surface area contributed by atoms with Crippen molar-refractivity contribution in [1.82, 2.24) is 4.57 Å². The Labute approximate surface area is 122 Å². The van der Waals surface area contributed by atoms with Gasteiger partial charge in [-0.25, -0.2) is 0 Å². The lowest BCUT2D eigenvalue weighted by atomic mass is 9.94. The van der Waals surface area contributed by atoms with E-state index in [-0.39, 0.29) is 29.7 Å². The summed E-state index contributed by atoms with van der Waals surface area (Å²) in [5.41, 5.74) is 0.612. The summed E-state index contributed by atoms with van der Waals surface area (Å²) in [7, 11) is -2.62. The molecule has 21 heavy (non-hydrogen) atoms. The van der Waals surface area contributed by atoms with Gasteiger partial charge in [0.2, 0.25) is 5.91 Å². The number of carbonyl (C=O) groups is 1. The molecule has 1 amide bonds. The van der Waals surface area contributed by atoms with Crippen LogP contribution >= 0.6 is 0 Å². The van der Waals surface area contributed by atoms with Gasteiger partial charge >= 0.3 is 0 Å². The maximum atomic E-state index is 12.2. The summed E-state index contributed by atoms with van der Waals surface area (Å²) in [6.07, 6.45) is 0.370. The van der Waals surface area contributed by atoms with Gasteiger partial charge in [0.05, 0.1) is 18.9 Å². The van der Waals surface area contributed by atoms with Crippen molar-refractivity contribution in [3.8, 4) is 0 Å². The predicted octanol–water partition coefficient (Wildman–Crippen LogP) is 0.219. The molecule has 3 heterocycles. The third kappa shape index (κ3) is 2.18. The summed E-state index contributed by atoms with van der Waals surface area (Å²) in [4.78, 5) is 25.8. The number of anilines is 1. The molecule has 3 rings (SSSR count). The van der Waals surface area contributed by atoms with Gasteiger partial charge in [0, 0.05) is 19.0 Å². The number of nitrogens with zero attached hydrogens (tertiary/aromatic N) is 2. The summed E-state index contributed by atoms with van der Waals surface area (Å²) in [5, 5.41) is 0. The fourth-order valence-corrected chi connectivity index (χ4v) is 3.96. The summed E-state index contributed by atoms with van der Waals surface area (Å²) in [6.45, 7) is 2.12. The molecule has 7 nitrogen and oxygen atoms in total. The van der Waals surface area contributed by atoms with Crippen molar-refractivity contribution < 1.29 is 17.4 Å². The second-order valence-corrected chi connectivity index (χ2v) is 7.26. The molecule has 114 valence electrons. The van der Waals surface area contributed by atoms with E-state index in [4.69, 9.17) is 0 Å². The highest BCUT2D eigenvalue weighted by Crippen LogP contribution is 2.40. The maximum Gasteiger partial charge on any atom is 0.269 e. The van der Waals surface area contributed by atoms with Crippen LogP contribution in [0.1, 0.15) is 30.9 Å². The lowest BCUT2D eigenvalue weighted by Gasteiger charge is -2.28. The standard InChI is InChI=1S/C13H16N2O5S/c1-8-5-12(17)14-6-9(7-21(18,19)20-2)15-11(16)4-3-10(8)13(14)15/h3-4,8-9H,5-7H2,1-2H3/t8?,9-/m0/s1. The van der Waals surface area contributed by atoms with Crippen molar-refractivity contribution in [1.29, 1.82) is 0 Å². The van der Waals surface area contributed by atoms with Gasteiger partial charge in [0.1, 0.15) is 5.82 Å². The van der Waals surface area contributed by atoms with Gasteiger partial charge in [0.25, 0.3) is 15.7 Å². The van der Waals surface area contributed by atoms with Crippen molar-refractivity contribution in [2.24, 2.45) is 0 Å². The normalized spacial score (nSPS) is 24.3. The SMILES string of the molecule is COS(=O)(=O)C[C@@H]1CN2C(=O)CC(C)c3ccc(=O)n1c32. The molecule has 2 aliphatic rings. The van der Waals surface area contributed by atoms with Gasteiger partial charge in [-0.2, -0.15) is 8.42 Å². The Bertz CT molecular complexity index is 767. The Morgan fingerprint density at radius 3 is 2.71 bits per heavy atom. The first kappa shape index (κ1) is 14.3. The molecule has 8 heteroatoms. The summed E-state index contributed by atoms with van der Waals surface area (Å²) >= 11 is 0. The van der Waals surface area contributed by atoms with Crippen LogP contribution in [0.5, 0.6) is 0 Å². The van der Waals surface area contributed by atoms with Crippen LogP contribution in [0, 0.1) is 0 Å². The average molecular weight is 312 g/mol. The zero-order valence-electron chi connectivity index (χ0n) is 11.8. The van der Waals surface area contributed by atoms with Crippen LogP contribution in [-0.4, -0.2) is 38.3 Å². The molecule has 1 aromatic heterocycles. The number of aromatic nitrogens is 1. The van der Waals surface area contributed by atoms with Crippen molar-refractivity contribution in [2.75, 3.05) is 24.3 Å². The molecule has 0 saturated carbocycles. The van der Waals surface area contributed by atoms with Crippen molar-refractivity contribution in [3.63, 3.8) is 0 Å². The Morgan fingerprint density at radius 1 is 1.33 bits per heavy atom. The molecule has 0 spiro atoms. The lowest BCUT2D eigenvalue weighted by molar-refractivity contribution is -0.119. The van der Waals surface area contributed by atoms with Crippen molar-refractivity contribution in [2.45, 2.75) is 25.3 Å². The first-order chi connectivity index (χ1) is 9.84. The van der Waals surface area contributed by atoms with E-state index in [1.165, 1.54) is 15.5 Å². The topological polar surface area (TPSA) is 85.7 Å². The van der Waals surface area contributed by atoms with Gasteiger partial charge in [-0.3, -0.25) is 23.2 Å². The molecule has 1 unspecified atom stereocenters. The third-order valence-corrected chi connectivity index (χ3v) is 5.41. The Kier molecular flexibility index (Phi) is 3.18. The van der Waals surface area contributed by atoms with Crippen LogP contribution in [0.15, 0.2) is 16.9 Å². The van der Waals surface area contributed by atoms with E-state index in [1.807, 2.05) is 6.92 Å². The zero-order chi connectivity index (χ0) is 15.4. The fourth-order valence-electron chi connectivity index (χ4n) is 3.09. The predicted molar refractivity (Wildman–Crippen MR) is 75.9 cm³/mol. The van der Waals surface area contributed by atoms with E-state index in [9.17, 15) is 18.0 Å². The molecule has 0 radical (unpaired) electrons. The van der Waals surface area contributed by atoms with Crippen LogP contribution in [0.2, 0.25) is 0 Å². The van der Waals surface area contributed by atoms with E-state index >= 15 is 0 Å². The molecule has 0 N–H and O–H groups in total. The van der Waals surface area contributed by atoms with Crippen LogP contribution in [0.3, 0.4) is 0 Å². The monoisotopic (exact) mass is 312 g/mol. The molecule has 0 aliphatic carbocycles. The molecular weight excluding hydrogens is 296 g/mol. The molecule has 2 atom stereocenters. The van der Waals surface area contributed by atoms with Crippen LogP contribution in [-0.2, 0) is 19.1 Å². The van der Waals surface area contributed by atoms with Crippen LogP contribution < -0.4 is 10.5 Å². The summed E-state index contributed by atoms with van der Waals surface area (Å²) < 4.78 is 29.2. The number of carbonyl (C=O) groups excluding carboxylic acids is 1. The minimum Gasteiger partial charge on any atom is -0.296 e. The number of pyridine rings is 1. The highest BCUT2D eigenvalue weighted by molar-refractivity contribution is 7.86. The van der Waals surface area contributed by atoms with Gasteiger partial charge in [-0.1, -0.05) is 6.92 Å². The van der Waals surface area contributed by atoms with E-state index in [0.717, 1.165) is 12.7 Å². The Hall–Kier alpha value is -1.67. The molecule has 0 bridgehead atoms. The third-order valence-electron chi connectivity index (χ3n) is 4.11. The number of rotatable bonds is 3. The molecule has 1 aromatic rings. The highest BCUT2D eigenvalue weighted by atomic mass is 32.2. The quantitative estimate of drug-likeness (QED) is 0.745. The second kappa shape index (κ2) is 4.67. The summed E-state index contributed by atoms with van der Waals surface area (Å²) in [6, 6.07) is 2.55. The smallest absolute Gasteiger partial charge is 0.269 e. The first-order valence-electron chi connectivity index (χ1n) is 6.68. The molecule has 0 aromatic carbocycles. The lowest BCUT2D eigenvalue weighted by Crippen LogP contribution is -2.35. The largest absolute Gasteiger partial charge is 0.296 e. The van der Waals surface area contributed by atoms with Crippen LogP contribution in [0.25, 0.3) is 0 Å². The van der Waals surface area contributed by atoms with Gasteiger partial charge in [-0.15, -0.1) is 0 Å². The average Bonchev–Trinajstić information content (AvgIpc) is 2.78. The molecule has 0 fully saturated rings. The van der Waals surface area contributed by atoms with E-state index in [1.54, 1.807) is 6.07 Å². The van der Waals surface area contributed by atoms with Gasteiger partial charge in [0.15, 0.2) is 0 Å². The summed E-state index contributed by atoms with van der Waals surface area (Å²) in [5.74, 6) is 0.167. The number of amides is 1. The van der Waals surface area contributed by atoms with E-state index < -0.39 is 16.2 Å². The molecule has 0 saturated heterocycles. The minimum absolute atomic E-state index is 0.0217. The Balaban J connectivity index is 2.14. The van der Waals surface area contributed by atoms with Gasteiger partial charge in [-0.05, 0) is 17.5 Å². The number of hydrogen-bond donors (Lipinski definition) is 0. The first-order valence-corrected chi connectivity index (χ1v) is 8.26. The highest BCUT2D eigenvalue weighted by Gasteiger charge is 2.41. The maximum absolute atomic E-state index is 12.2. The Morgan fingerprint density at radius 2 is 2.05 bits per heavy atom. The number of hydrogen-bond acceptors (Lipinski definition) is 5. The fraction of sp³-hybridized carbons (Fsp3) is 0.538. The van der Waals surface area contributed by atoms with E-state index in [2.05, 4.69) is 4.18 Å².